The summed E-state index contributed by atoms with van der Waals surface area (Å²) >= 11 is 0. The van der Waals surface area contributed by atoms with Gasteiger partial charge in [0, 0.05) is 23.4 Å². The highest BCUT2D eigenvalue weighted by atomic mass is 19.4. The molecule has 3 nitrogen and oxygen atoms in total. The first-order chi connectivity index (χ1) is 10.4. The van der Waals surface area contributed by atoms with Crippen molar-refractivity contribution >= 4 is 11.4 Å². The van der Waals surface area contributed by atoms with Crippen molar-refractivity contribution < 1.29 is 17.9 Å². The van der Waals surface area contributed by atoms with E-state index in [-0.39, 0.29) is 5.75 Å². The van der Waals surface area contributed by atoms with Crippen molar-refractivity contribution in [2.75, 3.05) is 12.3 Å². The van der Waals surface area contributed by atoms with Gasteiger partial charge >= 0.3 is 6.36 Å². The molecule has 0 atom stereocenters. The zero-order chi connectivity index (χ0) is 15.7. The van der Waals surface area contributed by atoms with E-state index in [1.807, 2.05) is 12.1 Å². The monoisotopic (exact) mass is 306 g/mol. The number of nitrogen functional groups attached to an aromatic ring is 1. The Bertz CT molecular complexity index is 721. The van der Waals surface area contributed by atoms with Crippen molar-refractivity contribution in [2.24, 2.45) is 4.99 Å². The molecule has 1 aliphatic heterocycles. The highest BCUT2D eigenvalue weighted by Crippen LogP contribution is 2.28. The Labute approximate surface area is 125 Å². The number of anilines is 1. The van der Waals surface area contributed by atoms with E-state index in [1.54, 1.807) is 18.2 Å². The minimum Gasteiger partial charge on any atom is -0.406 e. The molecule has 0 fully saturated rings. The number of nitrogens with two attached hydrogens (primary N) is 1. The molecule has 2 aromatic rings. The third kappa shape index (κ3) is 3.05. The lowest BCUT2D eigenvalue weighted by Gasteiger charge is -2.19. The third-order valence-corrected chi connectivity index (χ3v) is 3.40. The van der Waals surface area contributed by atoms with Crippen LogP contribution in [0.1, 0.15) is 16.7 Å². The average molecular weight is 306 g/mol. The number of benzene rings is 2. The molecule has 3 rings (SSSR count). The van der Waals surface area contributed by atoms with Crippen molar-refractivity contribution in [3.8, 4) is 5.75 Å². The number of hydrogen-bond acceptors (Lipinski definition) is 3. The molecular formula is C16H13F3N2O. The standard InChI is InChI=1S/C16H13F3N2O/c17-16(18,19)22-13-5-6-14-11(9-13)7-8-21-15(14)10-1-3-12(20)4-2-10/h1-6,9H,7-8,20H2. The number of hydrogen-bond donors (Lipinski definition) is 1. The van der Waals surface area contributed by atoms with Gasteiger partial charge in [-0.2, -0.15) is 0 Å². The molecule has 1 aliphatic rings. The largest absolute Gasteiger partial charge is 0.573 e. The van der Waals surface area contributed by atoms with Crippen molar-refractivity contribution in [2.45, 2.75) is 12.8 Å². The summed E-state index contributed by atoms with van der Waals surface area (Å²) in [6.07, 6.45) is -4.10. The van der Waals surface area contributed by atoms with E-state index in [9.17, 15) is 13.2 Å². The Morgan fingerprint density at radius 2 is 1.77 bits per heavy atom. The van der Waals surface area contributed by atoms with Gasteiger partial charge in [0.1, 0.15) is 5.75 Å². The predicted molar refractivity (Wildman–Crippen MR) is 78.2 cm³/mol. The average Bonchev–Trinajstić information content (AvgIpc) is 2.45. The predicted octanol–water partition coefficient (Wildman–Crippen LogP) is 3.56. The van der Waals surface area contributed by atoms with Gasteiger partial charge in [-0.1, -0.05) is 12.1 Å². The molecule has 0 spiro atoms. The first-order valence-electron chi connectivity index (χ1n) is 6.72. The number of fused-ring (bicyclic) bond motifs is 1. The molecule has 1 heterocycles. The molecule has 6 heteroatoms. The molecule has 0 radical (unpaired) electrons. The van der Waals surface area contributed by atoms with Crippen molar-refractivity contribution in [3.63, 3.8) is 0 Å². The summed E-state index contributed by atoms with van der Waals surface area (Å²) in [6.45, 7) is 0.530. The van der Waals surface area contributed by atoms with E-state index in [1.165, 1.54) is 12.1 Å². The second-order valence-electron chi connectivity index (χ2n) is 4.97. The number of halogens is 3. The van der Waals surface area contributed by atoms with Gasteiger partial charge in [0.15, 0.2) is 0 Å². The van der Waals surface area contributed by atoms with Crippen LogP contribution in [-0.4, -0.2) is 18.6 Å². The summed E-state index contributed by atoms with van der Waals surface area (Å²) in [5, 5.41) is 0. The van der Waals surface area contributed by atoms with Crippen LogP contribution in [0.25, 0.3) is 0 Å². The van der Waals surface area contributed by atoms with Gasteiger partial charge in [-0.15, -0.1) is 13.2 Å². The van der Waals surface area contributed by atoms with Gasteiger partial charge in [-0.3, -0.25) is 4.99 Å². The Morgan fingerprint density at radius 1 is 1.05 bits per heavy atom. The fourth-order valence-electron chi connectivity index (χ4n) is 2.47. The first-order valence-corrected chi connectivity index (χ1v) is 6.72. The van der Waals surface area contributed by atoms with Crippen LogP contribution in [0.5, 0.6) is 5.75 Å². The lowest BCUT2D eigenvalue weighted by Crippen LogP contribution is -2.18. The van der Waals surface area contributed by atoms with Crippen LogP contribution < -0.4 is 10.5 Å². The second-order valence-corrected chi connectivity index (χ2v) is 4.97. The molecule has 2 N–H and O–H groups in total. The molecule has 22 heavy (non-hydrogen) atoms. The Balaban J connectivity index is 1.95. The van der Waals surface area contributed by atoms with Crippen LogP contribution in [0.15, 0.2) is 47.5 Å². The van der Waals surface area contributed by atoms with E-state index in [0.29, 0.717) is 18.7 Å². The van der Waals surface area contributed by atoms with Gasteiger partial charge in [-0.25, -0.2) is 0 Å². The number of aliphatic imine (C=N–C) groups is 1. The van der Waals surface area contributed by atoms with Crippen LogP contribution in [0.4, 0.5) is 18.9 Å². The molecule has 0 saturated heterocycles. The zero-order valence-corrected chi connectivity index (χ0v) is 11.5. The third-order valence-electron chi connectivity index (χ3n) is 3.40. The Hall–Kier alpha value is -2.50. The normalized spacial score (nSPS) is 14.2. The number of ether oxygens (including phenoxy) is 1. The molecule has 0 amide bonds. The molecular weight excluding hydrogens is 293 g/mol. The summed E-state index contributed by atoms with van der Waals surface area (Å²) in [6, 6.07) is 11.6. The summed E-state index contributed by atoms with van der Waals surface area (Å²) in [4.78, 5) is 4.49. The summed E-state index contributed by atoms with van der Waals surface area (Å²) in [7, 11) is 0. The Morgan fingerprint density at radius 3 is 2.45 bits per heavy atom. The number of rotatable bonds is 2. The number of alkyl halides is 3. The molecule has 114 valence electrons. The maximum absolute atomic E-state index is 12.3. The lowest BCUT2D eigenvalue weighted by molar-refractivity contribution is -0.274. The summed E-state index contributed by atoms with van der Waals surface area (Å²) in [5.74, 6) is -0.204. The highest BCUT2D eigenvalue weighted by Gasteiger charge is 2.31. The number of nitrogens with zero attached hydrogens (tertiary/aromatic N) is 1. The molecule has 2 aromatic carbocycles. The van der Waals surface area contributed by atoms with Gasteiger partial charge in [0.05, 0.1) is 5.71 Å². The SMILES string of the molecule is Nc1ccc(C2=NCCc3cc(OC(F)(F)F)ccc32)cc1. The van der Waals surface area contributed by atoms with E-state index in [4.69, 9.17) is 5.73 Å². The summed E-state index contributed by atoms with van der Waals surface area (Å²) in [5.41, 5.74) is 9.59. The topological polar surface area (TPSA) is 47.6 Å². The minimum absolute atomic E-state index is 0.204. The van der Waals surface area contributed by atoms with Gasteiger partial charge in [-0.05, 0) is 42.3 Å². The van der Waals surface area contributed by atoms with E-state index in [2.05, 4.69) is 9.73 Å². The zero-order valence-electron chi connectivity index (χ0n) is 11.5. The van der Waals surface area contributed by atoms with E-state index >= 15 is 0 Å². The minimum atomic E-state index is -4.68. The van der Waals surface area contributed by atoms with E-state index < -0.39 is 6.36 Å². The fourth-order valence-corrected chi connectivity index (χ4v) is 2.47. The van der Waals surface area contributed by atoms with Gasteiger partial charge in [0.2, 0.25) is 0 Å². The lowest BCUT2D eigenvalue weighted by atomic mass is 9.93. The molecule has 0 unspecified atom stereocenters. The smallest absolute Gasteiger partial charge is 0.406 e. The maximum atomic E-state index is 12.3. The van der Waals surface area contributed by atoms with Gasteiger partial charge < -0.3 is 10.5 Å². The van der Waals surface area contributed by atoms with E-state index in [0.717, 1.165) is 22.4 Å². The van der Waals surface area contributed by atoms with Crippen molar-refractivity contribution in [3.05, 3.63) is 59.2 Å². The highest BCUT2D eigenvalue weighted by molar-refractivity contribution is 6.14. The summed E-state index contributed by atoms with van der Waals surface area (Å²) < 4.78 is 40.9. The van der Waals surface area contributed by atoms with Crippen LogP contribution in [0.2, 0.25) is 0 Å². The van der Waals surface area contributed by atoms with Crippen LogP contribution in [-0.2, 0) is 6.42 Å². The van der Waals surface area contributed by atoms with Crippen LogP contribution in [0, 0.1) is 0 Å². The second kappa shape index (κ2) is 5.36. The molecule has 0 aliphatic carbocycles. The maximum Gasteiger partial charge on any atom is 0.573 e. The van der Waals surface area contributed by atoms with Crippen molar-refractivity contribution in [1.29, 1.82) is 0 Å². The fraction of sp³-hybridized carbons (Fsp3) is 0.188. The van der Waals surface area contributed by atoms with Gasteiger partial charge in [0.25, 0.3) is 0 Å². The van der Waals surface area contributed by atoms with Crippen molar-refractivity contribution in [1.82, 2.24) is 0 Å². The molecule has 0 bridgehead atoms. The molecule has 0 saturated carbocycles. The first kappa shape index (κ1) is 14.4. The van der Waals surface area contributed by atoms with Crippen LogP contribution >= 0.6 is 0 Å². The Kier molecular flexibility index (Phi) is 3.52. The molecule has 0 aromatic heterocycles. The van der Waals surface area contributed by atoms with Crippen LogP contribution in [0.3, 0.4) is 0 Å². The quantitative estimate of drug-likeness (QED) is 0.862.